The highest BCUT2D eigenvalue weighted by molar-refractivity contribution is 7.96. The van der Waals surface area contributed by atoms with Crippen LogP contribution in [0.1, 0.15) is 20.3 Å². The quantitative estimate of drug-likeness (QED) is 0.712. The van der Waals surface area contributed by atoms with Crippen molar-refractivity contribution in [1.82, 2.24) is 0 Å². The van der Waals surface area contributed by atoms with E-state index >= 15 is 0 Å². The maximum absolute atomic E-state index is 11.2. The highest BCUT2D eigenvalue weighted by atomic mass is 32.2. The van der Waals surface area contributed by atoms with Crippen molar-refractivity contribution in [2.24, 2.45) is 0 Å². The fraction of sp³-hybridized carbons (Fsp3) is 1.00. The Morgan fingerprint density at radius 3 is 2.31 bits per heavy atom. The van der Waals surface area contributed by atoms with Crippen LogP contribution in [-0.2, 0) is 18.9 Å². The zero-order valence-electron chi connectivity index (χ0n) is 7.93. The van der Waals surface area contributed by atoms with Gasteiger partial charge in [-0.1, -0.05) is 6.92 Å². The first-order valence-electron chi connectivity index (χ1n) is 3.84. The molecule has 2 atom stereocenters. The van der Waals surface area contributed by atoms with Gasteiger partial charge in [0.25, 0.3) is 0 Å². The van der Waals surface area contributed by atoms with E-state index in [1.54, 1.807) is 13.8 Å². The molecule has 0 amide bonds. The first kappa shape index (κ1) is 13.1. The minimum atomic E-state index is -3.97. The second kappa shape index (κ2) is 4.55. The molecule has 0 aliphatic heterocycles. The van der Waals surface area contributed by atoms with Crippen LogP contribution in [0.2, 0.25) is 0 Å². The van der Waals surface area contributed by atoms with Crippen LogP contribution in [0.15, 0.2) is 0 Å². The summed E-state index contributed by atoms with van der Waals surface area (Å²) < 4.78 is 37.3. The minimum absolute atomic E-state index is 0.405. The molecule has 0 aromatic carbocycles. The van der Waals surface area contributed by atoms with Gasteiger partial charge in [0.1, 0.15) is 0 Å². The molecule has 0 rings (SSSR count). The van der Waals surface area contributed by atoms with Crippen molar-refractivity contribution in [2.75, 3.05) is 11.7 Å². The highest BCUT2D eigenvalue weighted by Crippen LogP contribution is 2.44. The van der Waals surface area contributed by atoms with Crippen molar-refractivity contribution in [3.8, 4) is 0 Å². The lowest BCUT2D eigenvalue weighted by Crippen LogP contribution is -2.10. The van der Waals surface area contributed by atoms with Crippen LogP contribution in [0.4, 0.5) is 0 Å². The maximum Gasteiger partial charge on any atom is 0.343 e. The van der Waals surface area contributed by atoms with Gasteiger partial charge >= 0.3 is 7.60 Å². The summed E-state index contributed by atoms with van der Waals surface area (Å²) in [4.78, 5) is 9.11. The smallest absolute Gasteiger partial charge is 0.324 e. The van der Waals surface area contributed by atoms with Crippen molar-refractivity contribution in [3.05, 3.63) is 0 Å². The summed E-state index contributed by atoms with van der Waals surface area (Å²) in [6, 6.07) is 0. The van der Waals surface area contributed by atoms with Gasteiger partial charge in [0, 0.05) is 6.26 Å². The van der Waals surface area contributed by atoms with E-state index in [0.29, 0.717) is 6.42 Å². The Labute approximate surface area is 78.6 Å². The van der Waals surface area contributed by atoms with E-state index in [2.05, 4.69) is 0 Å². The molecule has 1 N–H and O–H groups in total. The van der Waals surface area contributed by atoms with Gasteiger partial charge in [-0.05, 0) is 13.3 Å². The average molecular weight is 230 g/mol. The standard InChI is InChI=1S/C6H15O5PS/c1-4-6(2)11-12(7,8)5-13(3,9)10/h6H,4-5H2,1-3H3,(H,7,8). The molecule has 80 valence electrons. The predicted octanol–water partition coefficient (Wildman–Crippen LogP) is 0.989. The number of hydrogen-bond acceptors (Lipinski definition) is 4. The van der Waals surface area contributed by atoms with Crippen molar-refractivity contribution in [3.63, 3.8) is 0 Å². The van der Waals surface area contributed by atoms with E-state index in [9.17, 15) is 13.0 Å². The van der Waals surface area contributed by atoms with Crippen LogP contribution in [-0.4, -0.2) is 31.2 Å². The van der Waals surface area contributed by atoms with Crippen molar-refractivity contribution in [2.45, 2.75) is 26.4 Å². The minimum Gasteiger partial charge on any atom is -0.324 e. The lowest BCUT2D eigenvalue weighted by Gasteiger charge is -2.15. The van der Waals surface area contributed by atoms with Crippen LogP contribution < -0.4 is 0 Å². The molecule has 0 spiro atoms. The van der Waals surface area contributed by atoms with E-state index < -0.39 is 29.0 Å². The summed E-state index contributed by atoms with van der Waals surface area (Å²) in [5.41, 5.74) is -0.815. The van der Waals surface area contributed by atoms with Crippen molar-refractivity contribution in [1.29, 1.82) is 0 Å². The van der Waals surface area contributed by atoms with Crippen molar-refractivity contribution >= 4 is 17.4 Å². The third-order valence-electron chi connectivity index (χ3n) is 1.32. The lowest BCUT2D eigenvalue weighted by molar-refractivity contribution is 0.188. The summed E-state index contributed by atoms with van der Waals surface area (Å²) in [6.45, 7) is 3.40. The van der Waals surface area contributed by atoms with Gasteiger partial charge in [-0.2, -0.15) is 0 Å². The third-order valence-corrected chi connectivity index (χ3v) is 5.19. The molecule has 0 aromatic heterocycles. The largest absolute Gasteiger partial charge is 0.343 e. The van der Waals surface area contributed by atoms with Gasteiger partial charge < -0.3 is 9.42 Å². The summed E-state index contributed by atoms with van der Waals surface area (Å²) in [5, 5.41) is 0. The summed E-state index contributed by atoms with van der Waals surface area (Å²) in [6.07, 6.45) is 1.06. The van der Waals surface area contributed by atoms with Gasteiger partial charge in [0.15, 0.2) is 15.3 Å². The monoisotopic (exact) mass is 230 g/mol. The molecule has 0 fully saturated rings. The fourth-order valence-electron chi connectivity index (χ4n) is 0.682. The molecule has 7 heteroatoms. The predicted molar refractivity (Wildman–Crippen MR) is 50.4 cm³/mol. The summed E-state index contributed by atoms with van der Waals surface area (Å²) >= 11 is 0. The van der Waals surface area contributed by atoms with Gasteiger partial charge in [0.05, 0.1) is 6.10 Å². The maximum atomic E-state index is 11.2. The zero-order chi connectivity index (χ0) is 10.7. The van der Waals surface area contributed by atoms with Crippen LogP contribution in [0.3, 0.4) is 0 Å². The van der Waals surface area contributed by atoms with Crippen LogP contribution in [0.25, 0.3) is 0 Å². The molecule has 0 saturated carbocycles. The summed E-state index contributed by atoms with van der Waals surface area (Å²) in [5.74, 6) is 0. The van der Waals surface area contributed by atoms with Gasteiger partial charge in [0.2, 0.25) is 0 Å². The average Bonchev–Trinajstić information content (AvgIpc) is 1.80. The first-order valence-corrected chi connectivity index (χ1v) is 7.66. The molecule has 0 heterocycles. The first-order chi connectivity index (χ1) is 5.66. The Morgan fingerprint density at radius 1 is 1.54 bits per heavy atom. The Morgan fingerprint density at radius 2 is 2.00 bits per heavy atom. The van der Waals surface area contributed by atoms with E-state index in [4.69, 9.17) is 9.42 Å². The molecule has 0 aliphatic carbocycles. The third kappa shape index (κ3) is 7.19. The molecule has 13 heavy (non-hydrogen) atoms. The van der Waals surface area contributed by atoms with E-state index in [0.717, 1.165) is 6.26 Å². The number of hydrogen-bond donors (Lipinski definition) is 1. The van der Waals surface area contributed by atoms with Crippen molar-refractivity contribution < 1.29 is 22.4 Å². The second-order valence-corrected chi connectivity index (χ2v) is 7.39. The zero-order valence-corrected chi connectivity index (χ0v) is 9.64. The molecule has 2 unspecified atom stereocenters. The van der Waals surface area contributed by atoms with Crippen LogP contribution in [0.5, 0.6) is 0 Å². The van der Waals surface area contributed by atoms with E-state index in [1.165, 1.54) is 0 Å². The van der Waals surface area contributed by atoms with Gasteiger partial charge in [-0.25, -0.2) is 8.42 Å². The molecule has 0 aliphatic rings. The van der Waals surface area contributed by atoms with Gasteiger partial charge in [-0.3, -0.25) is 4.57 Å². The molecule has 0 bridgehead atoms. The molecule has 5 nitrogen and oxygen atoms in total. The number of sulfone groups is 1. The Balaban J connectivity index is 4.34. The Hall–Kier alpha value is 0.100. The Kier molecular flexibility index (Phi) is 4.59. The summed E-state index contributed by atoms with van der Waals surface area (Å²) in [7, 11) is -7.45. The molecule has 0 saturated heterocycles. The second-order valence-electron chi connectivity index (χ2n) is 3.02. The van der Waals surface area contributed by atoms with E-state index in [-0.39, 0.29) is 0 Å². The van der Waals surface area contributed by atoms with Crippen LogP contribution >= 0.6 is 7.60 Å². The topological polar surface area (TPSA) is 80.7 Å². The molecule has 0 radical (unpaired) electrons. The van der Waals surface area contributed by atoms with Crippen LogP contribution in [0, 0.1) is 0 Å². The molecular formula is C6H15O5PS. The highest BCUT2D eigenvalue weighted by Gasteiger charge is 2.27. The fourth-order valence-corrected chi connectivity index (χ4v) is 4.01. The number of rotatable bonds is 5. The molecule has 0 aromatic rings. The lowest BCUT2D eigenvalue weighted by atomic mass is 10.3. The van der Waals surface area contributed by atoms with E-state index in [1.807, 2.05) is 0 Å². The normalized spacial score (nSPS) is 19.4. The Bertz CT molecular complexity index is 296. The molecular weight excluding hydrogens is 215 g/mol. The SMILES string of the molecule is CCC(C)OP(=O)(O)CS(C)(=O)=O. The van der Waals surface area contributed by atoms with Gasteiger partial charge in [-0.15, -0.1) is 0 Å².